The molecule has 0 spiro atoms. The number of rotatable bonds is 6. The molecule has 0 bridgehead atoms. The Kier molecular flexibility index (Phi) is 5.78. The maximum atomic E-state index is 13.2. The monoisotopic (exact) mass is 538 g/mol. The molecule has 7 heteroatoms. The van der Waals surface area contributed by atoms with E-state index >= 15 is 0 Å². The zero-order chi connectivity index (χ0) is 21.2. The van der Waals surface area contributed by atoms with Crippen LogP contribution in [0.3, 0.4) is 0 Å². The number of hydrogen-bond acceptors (Lipinski definition) is 5. The minimum Gasteiger partial charge on any atom is -0.325 e. The van der Waals surface area contributed by atoms with Crippen LogP contribution in [0.2, 0.25) is 0 Å². The number of nitrogens with one attached hydrogen (secondary N) is 1. The summed E-state index contributed by atoms with van der Waals surface area (Å²) in [5, 5.41) is 8.57. The van der Waals surface area contributed by atoms with E-state index < -0.39 is 0 Å². The average molecular weight is 538 g/mol. The van der Waals surface area contributed by atoms with Gasteiger partial charge in [0, 0.05) is 60.0 Å². The number of carbonyl (C=O) groups excluding carboxylic acids is 1. The molecule has 0 radical (unpaired) electrons. The van der Waals surface area contributed by atoms with E-state index in [9.17, 15) is 4.79 Å². The summed E-state index contributed by atoms with van der Waals surface area (Å²) in [4.78, 5) is 16.4. The van der Waals surface area contributed by atoms with Crippen molar-refractivity contribution >= 4 is 41.8 Å². The third kappa shape index (κ3) is 4.24. The lowest BCUT2D eigenvalue weighted by molar-refractivity contribution is 0.103. The fraction of sp³-hybridized carbons (Fsp3) is 0.125. The molecule has 0 saturated heterocycles. The molecule has 4 aromatic rings. The second-order valence-electron chi connectivity index (χ2n) is 7.46. The van der Waals surface area contributed by atoms with Crippen LogP contribution < -0.4 is 4.31 Å². The summed E-state index contributed by atoms with van der Waals surface area (Å²) in [7, 11) is 1.69. The molecule has 0 unspecified atom stereocenters. The zero-order valence-corrected chi connectivity index (χ0v) is 19.6. The molecule has 1 aromatic heterocycles. The van der Waals surface area contributed by atoms with Crippen molar-refractivity contribution < 1.29 is 4.79 Å². The van der Waals surface area contributed by atoms with E-state index in [1.807, 2.05) is 54.6 Å². The highest BCUT2D eigenvalue weighted by Gasteiger charge is 2.21. The highest BCUT2D eigenvalue weighted by atomic mass is 127. The first-order valence-corrected chi connectivity index (χ1v) is 13.3. The van der Waals surface area contributed by atoms with Gasteiger partial charge in [-0.1, -0.05) is 48.5 Å². The van der Waals surface area contributed by atoms with Gasteiger partial charge in [-0.3, -0.25) is 4.79 Å². The number of carbonyl (C=O) groups is 1. The number of H-pyrrole nitrogens is 1. The van der Waals surface area contributed by atoms with Crippen LogP contribution >= 0.6 is 30.3 Å². The van der Waals surface area contributed by atoms with Crippen molar-refractivity contribution in [1.29, 1.82) is 0 Å². The Morgan fingerprint density at radius 1 is 1.00 bits per heavy atom. The van der Waals surface area contributed by atoms with Crippen molar-refractivity contribution in [2.24, 2.45) is 0 Å². The van der Waals surface area contributed by atoms with E-state index in [4.69, 9.17) is 0 Å². The first-order chi connectivity index (χ1) is 15.2. The number of benzene rings is 3. The summed E-state index contributed by atoms with van der Waals surface area (Å²) < 4.78 is 2.25. The first kappa shape index (κ1) is 20.3. The van der Waals surface area contributed by atoms with E-state index in [-0.39, 0.29) is 5.78 Å². The maximum Gasteiger partial charge on any atom is 0.193 e. The highest BCUT2D eigenvalue weighted by molar-refractivity contribution is 14.2. The number of aromatic nitrogens is 3. The largest absolute Gasteiger partial charge is 0.325 e. The summed E-state index contributed by atoms with van der Waals surface area (Å²) in [5.41, 5.74) is 5.83. The van der Waals surface area contributed by atoms with Crippen LogP contribution in [0.4, 0.5) is 5.69 Å². The predicted molar refractivity (Wildman–Crippen MR) is 134 cm³/mol. The van der Waals surface area contributed by atoms with Crippen molar-refractivity contribution in [1.82, 2.24) is 15.2 Å². The quantitative estimate of drug-likeness (QED) is 0.195. The van der Waals surface area contributed by atoms with Gasteiger partial charge in [-0.05, 0) is 41.8 Å². The molecule has 0 amide bonds. The normalized spacial score (nSPS) is 12.7. The number of aromatic amines is 1. The average Bonchev–Trinajstić information content (AvgIpc) is 3.46. The van der Waals surface area contributed by atoms with Gasteiger partial charge in [0.15, 0.2) is 11.6 Å². The molecule has 154 valence electrons. The third-order valence-electron chi connectivity index (χ3n) is 5.42. The van der Waals surface area contributed by atoms with Gasteiger partial charge >= 0.3 is 0 Å². The number of anilines is 1. The van der Waals surface area contributed by atoms with Gasteiger partial charge in [0.25, 0.3) is 0 Å². The van der Waals surface area contributed by atoms with E-state index in [1.165, 1.54) is 16.8 Å². The van der Waals surface area contributed by atoms with E-state index in [0.717, 1.165) is 29.9 Å². The molecular formula is C24H19IN4OS. The van der Waals surface area contributed by atoms with Crippen LogP contribution in [0.1, 0.15) is 32.9 Å². The second kappa shape index (κ2) is 8.84. The van der Waals surface area contributed by atoms with Crippen LogP contribution in [-0.2, 0) is 12.8 Å². The van der Waals surface area contributed by atoms with E-state index in [0.29, 0.717) is 17.8 Å². The molecular weight excluding hydrogens is 519 g/mol. The van der Waals surface area contributed by atoms with Gasteiger partial charge in [-0.2, -0.15) is 0 Å². The standard InChI is InChI=1S/C24H19IN4OS/c25-31-29-12-11-17-14-19(9-10-21(17)29)23(30)18-7-4-8-20(15-18)24-26-22(27-28-24)13-16-5-2-1-3-6-16/h1-10,14-15H,11-13H2,(H,26,27,28). The summed E-state index contributed by atoms with van der Waals surface area (Å²) in [6.07, 6.45) is 1.66. The van der Waals surface area contributed by atoms with Crippen molar-refractivity contribution in [2.45, 2.75) is 12.8 Å². The number of halogens is 1. The first-order valence-electron chi connectivity index (χ1n) is 10.0. The molecule has 5 rings (SSSR count). The van der Waals surface area contributed by atoms with Gasteiger partial charge < -0.3 is 9.29 Å². The van der Waals surface area contributed by atoms with Gasteiger partial charge in [0.2, 0.25) is 0 Å². The van der Waals surface area contributed by atoms with Crippen molar-refractivity contribution in [2.75, 3.05) is 10.8 Å². The topological polar surface area (TPSA) is 61.9 Å². The van der Waals surface area contributed by atoms with Crippen LogP contribution in [0, 0.1) is 0 Å². The molecule has 0 saturated carbocycles. The number of hydrogen-bond donors (Lipinski definition) is 1. The summed E-state index contributed by atoms with van der Waals surface area (Å²) in [6, 6.07) is 23.7. The van der Waals surface area contributed by atoms with Gasteiger partial charge in [0.1, 0.15) is 5.82 Å². The van der Waals surface area contributed by atoms with Crippen molar-refractivity contribution in [3.05, 3.63) is 101 Å². The molecule has 0 aliphatic carbocycles. The third-order valence-corrected chi connectivity index (χ3v) is 7.40. The Hall–Kier alpha value is -2.65. The summed E-state index contributed by atoms with van der Waals surface area (Å²) in [5.74, 6) is 1.49. The Morgan fingerprint density at radius 2 is 1.84 bits per heavy atom. The lowest BCUT2D eigenvalue weighted by Gasteiger charge is -2.13. The van der Waals surface area contributed by atoms with Crippen LogP contribution in [0.25, 0.3) is 11.4 Å². The molecule has 1 aliphatic rings. The van der Waals surface area contributed by atoms with Crippen molar-refractivity contribution in [3.63, 3.8) is 0 Å². The van der Waals surface area contributed by atoms with Crippen LogP contribution in [-0.4, -0.2) is 27.5 Å². The van der Waals surface area contributed by atoms with Crippen LogP contribution in [0.5, 0.6) is 0 Å². The smallest absolute Gasteiger partial charge is 0.193 e. The van der Waals surface area contributed by atoms with Crippen molar-refractivity contribution in [3.8, 4) is 11.4 Å². The van der Waals surface area contributed by atoms with Gasteiger partial charge in [-0.25, -0.2) is 0 Å². The molecule has 0 fully saturated rings. The molecule has 31 heavy (non-hydrogen) atoms. The summed E-state index contributed by atoms with van der Waals surface area (Å²) in [6.45, 7) is 0.979. The maximum absolute atomic E-state index is 13.2. The number of fused-ring (bicyclic) bond motifs is 1. The molecule has 3 aromatic carbocycles. The molecule has 1 N–H and O–H groups in total. The fourth-order valence-electron chi connectivity index (χ4n) is 3.85. The Balaban J connectivity index is 1.38. The van der Waals surface area contributed by atoms with Crippen LogP contribution in [0.15, 0.2) is 72.8 Å². The summed E-state index contributed by atoms with van der Waals surface area (Å²) >= 11 is 2.30. The molecule has 2 heterocycles. The molecule has 0 atom stereocenters. The Labute approximate surface area is 197 Å². The Bertz CT molecular complexity index is 1240. The lowest BCUT2D eigenvalue weighted by Crippen LogP contribution is -2.07. The number of ketones is 1. The van der Waals surface area contributed by atoms with E-state index in [2.05, 4.69) is 58.9 Å². The highest BCUT2D eigenvalue weighted by Crippen LogP contribution is 2.36. The van der Waals surface area contributed by atoms with E-state index in [1.54, 1.807) is 9.12 Å². The minimum atomic E-state index is 0.0225. The lowest BCUT2D eigenvalue weighted by atomic mass is 9.99. The molecule has 5 nitrogen and oxygen atoms in total. The molecule has 1 aliphatic heterocycles. The second-order valence-corrected chi connectivity index (χ2v) is 9.22. The fourth-order valence-corrected chi connectivity index (χ4v) is 5.49. The predicted octanol–water partition coefficient (Wildman–Crippen LogP) is 5.65. The van der Waals surface area contributed by atoms with Gasteiger partial charge in [0.05, 0.1) is 5.69 Å². The number of nitrogens with zero attached hydrogens (tertiary/aromatic N) is 3. The zero-order valence-electron chi connectivity index (χ0n) is 16.6. The Morgan fingerprint density at radius 3 is 2.68 bits per heavy atom. The minimum absolute atomic E-state index is 0.0225. The van der Waals surface area contributed by atoms with Gasteiger partial charge in [-0.15, -0.1) is 10.2 Å². The SMILES string of the molecule is O=C(c1cccc(-c2nnc(Cc3ccccc3)[nH]2)c1)c1ccc2c(c1)CCN2SI.